The molecule has 2 aromatic rings. The molecule has 0 aliphatic rings. The van der Waals surface area contributed by atoms with Crippen LogP contribution in [-0.4, -0.2) is 29.0 Å². The molecule has 2 rings (SSSR count). The number of aromatic nitrogens is 1. The molecule has 82 valence electrons. The predicted octanol–water partition coefficient (Wildman–Crippen LogP) is 3.05. The third-order valence-corrected chi connectivity index (χ3v) is 3.70. The molecule has 0 fully saturated rings. The topological polar surface area (TPSA) is 16.1 Å². The first-order valence-corrected chi connectivity index (χ1v) is 6.20. The van der Waals surface area contributed by atoms with Crippen LogP contribution >= 0.6 is 23.6 Å². The van der Waals surface area contributed by atoms with Crippen LogP contribution in [-0.2, 0) is 0 Å². The lowest BCUT2D eigenvalue weighted by atomic mass is 10.2. The van der Waals surface area contributed by atoms with E-state index < -0.39 is 0 Å². The molecule has 0 spiro atoms. The van der Waals surface area contributed by atoms with Crippen LogP contribution in [0.25, 0.3) is 11.3 Å². The molecular formula is C12H12N2S2. The maximum Gasteiger partial charge on any atom is 0.151 e. The third kappa shape index (κ3) is 2.28. The lowest BCUT2D eigenvalue weighted by molar-refractivity contribution is 0.636. The summed E-state index contributed by atoms with van der Waals surface area (Å²) in [5, 5.41) is 2.94. The smallest absolute Gasteiger partial charge is 0.151 e. The van der Waals surface area contributed by atoms with Gasteiger partial charge in [0.2, 0.25) is 0 Å². The van der Waals surface area contributed by atoms with Crippen molar-refractivity contribution in [3.8, 4) is 11.3 Å². The second-order valence-corrected chi connectivity index (χ2v) is 4.85. The van der Waals surface area contributed by atoms with Gasteiger partial charge in [0, 0.05) is 25.0 Å². The van der Waals surface area contributed by atoms with Gasteiger partial charge in [-0.15, -0.1) is 11.3 Å². The highest BCUT2D eigenvalue weighted by Crippen LogP contribution is 2.22. The van der Waals surface area contributed by atoms with E-state index in [1.807, 2.05) is 42.6 Å². The van der Waals surface area contributed by atoms with Crippen molar-refractivity contribution in [2.24, 2.45) is 0 Å². The van der Waals surface area contributed by atoms with Crippen molar-refractivity contribution >= 4 is 28.5 Å². The van der Waals surface area contributed by atoms with Crippen LogP contribution in [0, 0.1) is 0 Å². The highest BCUT2D eigenvalue weighted by molar-refractivity contribution is 7.81. The highest BCUT2D eigenvalue weighted by Gasteiger charge is 2.09. The largest absolute Gasteiger partial charge is 0.366 e. The summed E-state index contributed by atoms with van der Waals surface area (Å²) in [6.45, 7) is 0. The summed E-state index contributed by atoms with van der Waals surface area (Å²) in [5.41, 5.74) is 2.12. The first-order valence-electron chi connectivity index (χ1n) is 4.91. The molecule has 0 aliphatic heterocycles. The fourth-order valence-corrected chi connectivity index (χ4v) is 2.34. The molecule has 0 saturated heterocycles. The maximum absolute atomic E-state index is 5.28. The van der Waals surface area contributed by atoms with Gasteiger partial charge in [0.15, 0.2) is 5.01 Å². The zero-order valence-electron chi connectivity index (χ0n) is 9.18. The monoisotopic (exact) mass is 248 g/mol. The number of rotatable bonds is 2. The van der Waals surface area contributed by atoms with E-state index in [0.29, 0.717) is 0 Å². The Morgan fingerprint density at radius 1 is 1.25 bits per heavy atom. The fourth-order valence-electron chi connectivity index (χ4n) is 1.30. The fraction of sp³-hybridized carbons (Fsp3) is 0.167. The van der Waals surface area contributed by atoms with Crippen molar-refractivity contribution in [2.45, 2.75) is 0 Å². The normalized spacial score (nSPS) is 10.1. The lowest BCUT2D eigenvalue weighted by Crippen LogP contribution is -2.20. The standard InChI is InChI=1S/C12H12N2S2/c1-14(2)12(15)11-13-10(8-16-11)9-6-4-3-5-7-9/h3-8H,1-2H3. The van der Waals surface area contributed by atoms with E-state index in [1.54, 1.807) is 11.3 Å². The molecule has 1 aromatic carbocycles. The van der Waals surface area contributed by atoms with Gasteiger partial charge in [-0.2, -0.15) is 0 Å². The molecule has 0 saturated carbocycles. The Morgan fingerprint density at radius 3 is 2.56 bits per heavy atom. The van der Waals surface area contributed by atoms with Crippen molar-refractivity contribution in [1.29, 1.82) is 0 Å². The van der Waals surface area contributed by atoms with Crippen LogP contribution in [0.3, 0.4) is 0 Å². The van der Waals surface area contributed by atoms with Gasteiger partial charge in [-0.25, -0.2) is 4.98 Å². The summed E-state index contributed by atoms with van der Waals surface area (Å²) >= 11 is 6.87. The summed E-state index contributed by atoms with van der Waals surface area (Å²) in [6.07, 6.45) is 0. The average Bonchev–Trinajstić information content (AvgIpc) is 2.78. The zero-order chi connectivity index (χ0) is 11.5. The second-order valence-electron chi connectivity index (χ2n) is 3.60. The molecule has 0 aliphatic carbocycles. The van der Waals surface area contributed by atoms with Crippen molar-refractivity contribution in [3.05, 3.63) is 40.7 Å². The highest BCUT2D eigenvalue weighted by atomic mass is 32.1. The molecule has 2 nitrogen and oxygen atoms in total. The Bertz CT molecular complexity index is 489. The summed E-state index contributed by atoms with van der Waals surface area (Å²) < 4.78 is 0. The number of thiocarbonyl (C=S) groups is 1. The van der Waals surface area contributed by atoms with E-state index in [4.69, 9.17) is 12.2 Å². The lowest BCUT2D eigenvalue weighted by Gasteiger charge is -2.09. The van der Waals surface area contributed by atoms with Crippen LogP contribution in [0.15, 0.2) is 35.7 Å². The predicted molar refractivity (Wildman–Crippen MR) is 72.9 cm³/mol. The molecule has 1 aromatic heterocycles. The molecule has 0 amide bonds. The molecule has 16 heavy (non-hydrogen) atoms. The summed E-state index contributed by atoms with van der Waals surface area (Å²) in [4.78, 5) is 7.23. The van der Waals surface area contributed by atoms with Gasteiger partial charge in [-0.05, 0) is 0 Å². The Labute approximate surface area is 105 Å². The van der Waals surface area contributed by atoms with Crippen LogP contribution < -0.4 is 0 Å². The summed E-state index contributed by atoms with van der Waals surface area (Å²) in [7, 11) is 3.87. The van der Waals surface area contributed by atoms with Crippen molar-refractivity contribution in [3.63, 3.8) is 0 Å². The Morgan fingerprint density at radius 2 is 1.94 bits per heavy atom. The Kier molecular flexibility index (Phi) is 3.31. The van der Waals surface area contributed by atoms with E-state index in [-0.39, 0.29) is 0 Å². The van der Waals surface area contributed by atoms with Crippen LogP contribution in [0.4, 0.5) is 0 Å². The quantitative estimate of drug-likeness (QED) is 0.760. The first kappa shape index (κ1) is 11.2. The third-order valence-electron chi connectivity index (χ3n) is 2.16. The molecular weight excluding hydrogens is 236 g/mol. The second kappa shape index (κ2) is 4.72. The van der Waals surface area contributed by atoms with Gasteiger partial charge >= 0.3 is 0 Å². The van der Waals surface area contributed by atoms with Crippen LogP contribution in [0.1, 0.15) is 5.01 Å². The Balaban J connectivity index is 2.30. The van der Waals surface area contributed by atoms with Crippen molar-refractivity contribution in [2.75, 3.05) is 14.1 Å². The Hall–Kier alpha value is -1.26. The first-order chi connectivity index (χ1) is 7.68. The molecule has 0 radical (unpaired) electrons. The van der Waals surface area contributed by atoms with Gasteiger partial charge in [0.05, 0.1) is 5.69 Å². The van der Waals surface area contributed by atoms with Crippen LogP contribution in [0.5, 0.6) is 0 Å². The number of thiazole rings is 1. The van der Waals surface area contributed by atoms with Crippen LogP contribution in [0.2, 0.25) is 0 Å². The number of hydrogen-bond donors (Lipinski definition) is 0. The molecule has 0 N–H and O–H groups in total. The van der Waals surface area contributed by atoms with Gasteiger partial charge in [0.1, 0.15) is 4.99 Å². The van der Waals surface area contributed by atoms with Crippen molar-refractivity contribution < 1.29 is 0 Å². The molecule has 0 bridgehead atoms. The minimum atomic E-state index is 0.784. The average molecular weight is 248 g/mol. The molecule has 0 unspecified atom stereocenters. The summed E-state index contributed by atoms with van der Waals surface area (Å²) in [6, 6.07) is 10.1. The van der Waals surface area contributed by atoms with E-state index in [1.165, 1.54) is 0 Å². The van der Waals surface area contributed by atoms with Gasteiger partial charge < -0.3 is 4.90 Å². The van der Waals surface area contributed by atoms with E-state index >= 15 is 0 Å². The van der Waals surface area contributed by atoms with Gasteiger partial charge in [0.25, 0.3) is 0 Å². The van der Waals surface area contributed by atoms with Gasteiger partial charge in [-0.1, -0.05) is 42.5 Å². The molecule has 1 heterocycles. The van der Waals surface area contributed by atoms with Gasteiger partial charge in [-0.3, -0.25) is 0 Å². The molecule has 0 atom stereocenters. The van der Waals surface area contributed by atoms with E-state index in [9.17, 15) is 0 Å². The minimum absolute atomic E-state index is 0.784. The number of nitrogens with zero attached hydrogens (tertiary/aromatic N) is 2. The van der Waals surface area contributed by atoms with E-state index in [0.717, 1.165) is 21.3 Å². The minimum Gasteiger partial charge on any atom is -0.366 e. The maximum atomic E-state index is 5.28. The number of hydrogen-bond acceptors (Lipinski definition) is 3. The number of benzene rings is 1. The zero-order valence-corrected chi connectivity index (χ0v) is 10.8. The van der Waals surface area contributed by atoms with E-state index in [2.05, 4.69) is 17.1 Å². The van der Waals surface area contributed by atoms with Crippen molar-refractivity contribution in [1.82, 2.24) is 9.88 Å². The molecule has 4 heteroatoms. The SMILES string of the molecule is CN(C)C(=S)c1nc(-c2ccccc2)cs1. The summed E-state index contributed by atoms with van der Waals surface area (Å²) in [5.74, 6) is 0.